The van der Waals surface area contributed by atoms with E-state index in [0.29, 0.717) is 17.3 Å². The highest BCUT2D eigenvalue weighted by Gasteiger charge is 2.27. The number of aryl methyl sites for hydroxylation is 2. The van der Waals surface area contributed by atoms with Crippen LogP contribution in [0.3, 0.4) is 0 Å². The number of hydrogen-bond acceptors (Lipinski definition) is 5. The van der Waals surface area contributed by atoms with Gasteiger partial charge in [0, 0.05) is 41.8 Å². The highest BCUT2D eigenvalue weighted by Crippen LogP contribution is 2.38. The van der Waals surface area contributed by atoms with Crippen LogP contribution >= 0.6 is 35.2 Å². The van der Waals surface area contributed by atoms with Gasteiger partial charge in [-0.3, -0.25) is 0 Å². The number of piperazine rings is 1. The zero-order chi connectivity index (χ0) is 23.4. The molecule has 1 saturated heterocycles. The summed E-state index contributed by atoms with van der Waals surface area (Å²) in [6, 6.07) is 6.04. The Morgan fingerprint density at radius 2 is 1.88 bits per heavy atom. The summed E-state index contributed by atoms with van der Waals surface area (Å²) in [5, 5.41) is 5.71. The third kappa shape index (κ3) is 5.64. The van der Waals surface area contributed by atoms with Gasteiger partial charge in [0.1, 0.15) is 5.00 Å². The third-order valence-electron chi connectivity index (χ3n) is 6.45. The van der Waals surface area contributed by atoms with Gasteiger partial charge < -0.3 is 19.9 Å². The predicted octanol–water partition coefficient (Wildman–Crippen LogP) is 6.06. The van der Waals surface area contributed by atoms with E-state index >= 15 is 0 Å². The van der Waals surface area contributed by atoms with Gasteiger partial charge in [-0.25, -0.2) is 4.79 Å². The highest BCUT2D eigenvalue weighted by atomic mass is 35.5. The van der Waals surface area contributed by atoms with Gasteiger partial charge in [0.15, 0.2) is 5.11 Å². The zero-order valence-corrected chi connectivity index (χ0v) is 21.8. The Kier molecular flexibility index (Phi) is 8.15. The van der Waals surface area contributed by atoms with Crippen LogP contribution in [0.4, 0.5) is 10.7 Å². The molecule has 1 aromatic heterocycles. The largest absolute Gasteiger partial charge is 0.462 e. The minimum absolute atomic E-state index is 0.234. The maximum Gasteiger partial charge on any atom is 0.341 e. The molecule has 2 heterocycles. The number of rotatable bonds is 4. The predicted molar refractivity (Wildman–Crippen MR) is 142 cm³/mol. The molecule has 0 unspecified atom stereocenters. The standard InChI is InChI=1S/C25H32ClN3O2S2/c1-3-31-24(30)22-19-8-6-4-5-7-9-21(19)33-23(22)27-25(32)29-14-12-28(13-15-29)20-16-18(26)11-10-17(20)2/h10-11,16H,3-9,12-15H2,1-2H3,(H,27,32). The summed E-state index contributed by atoms with van der Waals surface area (Å²) in [4.78, 5) is 18.7. The number of benzene rings is 1. The first kappa shape index (κ1) is 24.3. The molecule has 0 radical (unpaired) electrons. The van der Waals surface area contributed by atoms with E-state index in [0.717, 1.165) is 55.5 Å². The van der Waals surface area contributed by atoms with Gasteiger partial charge in [0.25, 0.3) is 0 Å². The van der Waals surface area contributed by atoms with E-state index in [9.17, 15) is 4.79 Å². The Morgan fingerprint density at radius 3 is 2.61 bits per heavy atom. The third-order valence-corrected chi connectivity index (χ3v) is 8.25. The van der Waals surface area contributed by atoms with Crippen LogP contribution < -0.4 is 10.2 Å². The van der Waals surface area contributed by atoms with E-state index in [-0.39, 0.29) is 5.97 Å². The van der Waals surface area contributed by atoms with Gasteiger partial charge in [0.05, 0.1) is 12.2 Å². The minimum atomic E-state index is -0.234. The van der Waals surface area contributed by atoms with E-state index in [1.165, 1.54) is 41.0 Å². The average Bonchev–Trinajstić information content (AvgIpc) is 3.11. The SMILES string of the molecule is CCOC(=O)c1c(NC(=S)N2CCN(c3cc(Cl)ccc3C)CC2)sc2c1CCCCCC2. The Balaban J connectivity index is 1.47. The van der Waals surface area contributed by atoms with Crippen molar-refractivity contribution in [3.63, 3.8) is 0 Å². The lowest BCUT2D eigenvalue weighted by Gasteiger charge is -2.38. The van der Waals surface area contributed by atoms with Crippen molar-refractivity contribution in [3.05, 3.63) is 44.8 Å². The van der Waals surface area contributed by atoms with Crippen LogP contribution in [0.2, 0.25) is 5.02 Å². The van der Waals surface area contributed by atoms with Gasteiger partial charge in [-0.15, -0.1) is 11.3 Å². The number of ether oxygens (including phenoxy) is 1. The molecule has 0 spiro atoms. The lowest BCUT2D eigenvalue weighted by atomic mass is 9.96. The maximum absolute atomic E-state index is 12.9. The number of nitrogens with zero attached hydrogens (tertiary/aromatic N) is 2. The molecule has 8 heteroatoms. The van der Waals surface area contributed by atoms with Crippen LogP contribution in [0, 0.1) is 6.92 Å². The molecule has 5 nitrogen and oxygen atoms in total. The molecule has 4 rings (SSSR count). The number of thiophene rings is 1. The van der Waals surface area contributed by atoms with Gasteiger partial charge in [-0.1, -0.05) is 30.5 Å². The average molecular weight is 506 g/mol. The maximum atomic E-state index is 12.9. The summed E-state index contributed by atoms with van der Waals surface area (Å²) in [5.41, 5.74) is 4.28. The smallest absolute Gasteiger partial charge is 0.341 e. The number of halogens is 1. The molecule has 1 fully saturated rings. The van der Waals surface area contributed by atoms with Crippen molar-refractivity contribution in [2.75, 3.05) is 43.0 Å². The number of carbonyl (C=O) groups is 1. The van der Waals surface area contributed by atoms with Crippen LogP contribution in [0.25, 0.3) is 0 Å². The van der Waals surface area contributed by atoms with Crippen molar-refractivity contribution >= 4 is 56.9 Å². The van der Waals surface area contributed by atoms with Crippen molar-refractivity contribution in [3.8, 4) is 0 Å². The van der Waals surface area contributed by atoms with Gasteiger partial charge >= 0.3 is 5.97 Å². The molecule has 1 aliphatic heterocycles. The molecule has 0 atom stereocenters. The van der Waals surface area contributed by atoms with Crippen molar-refractivity contribution in [2.24, 2.45) is 0 Å². The first-order valence-electron chi connectivity index (χ1n) is 11.9. The topological polar surface area (TPSA) is 44.8 Å². The summed E-state index contributed by atoms with van der Waals surface area (Å²) in [6.07, 6.45) is 6.72. The van der Waals surface area contributed by atoms with E-state index < -0.39 is 0 Å². The summed E-state index contributed by atoms with van der Waals surface area (Å²) in [7, 11) is 0. The number of anilines is 2. The molecule has 33 heavy (non-hydrogen) atoms. The van der Waals surface area contributed by atoms with E-state index in [4.69, 9.17) is 28.6 Å². The van der Waals surface area contributed by atoms with Crippen LogP contribution in [0.1, 0.15) is 59.0 Å². The summed E-state index contributed by atoms with van der Waals surface area (Å²) >= 11 is 13.7. The molecule has 1 aliphatic carbocycles. The number of thiocarbonyl (C=S) groups is 1. The van der Waals surface area contributed by atoms with Crippen LogP contribution in [-0.2, 0) is 17.6 Å². The molecule has 0 bridgehead atoms. The van der Waals surface area contributed by atoms with Crippen molar-refractivity contribution < 1.29 is 9.53 Å². The Morgan fingerprint density at radius 1 is 1.15 bits per heavy atom. The molecule has 178 valence electrons. The Hall–Kier alpha value is -1.83. The summed E-state index contributed by atoms with van der Waals surface area (Å²) in [5.74, 6) is -0.234. The van der Waals surface area contributed by atoms with Crippen molar-refractivity contribution in [1.82, 2.24) is 4.90 Å². The molecule has 2 aromatic rings. The molecule has 0 amide bonds. The van der Waals surface area contributed by atoms with Gasteiger partial charge in [-0.2, -0.15) is 0 Å². The second-order valence-electron chi connectivity index (χ2n) is 8.68. The fraction of sp³-hybridized carbons (Fsp3) is 0.520. The van der Waals surface area contributed by atoms with E-state index in [2.05, 4.69) is 28.1 Å². The summed E-state index contributed by atoms with van der Waals surface area (Å²) < 4.78 is 5.43. The first-order chi connectivity index (χ1) is 16.0. The van der Waals surface area contributed by atoms with E-state index in [1.807, 2.05) is 19.1 Å². The minimum Gasteiger partial charge on any atom is -0.462 e. The monoisotopic (exact) mass is 505 g/mol. The van der Waals surface area contributed by atoms with Crippen LogP contribution in [-0.4, -0.2) is 48.8 Å². The lowest BCUT2D eigenvalue weighted by Crippen LogP contribution is -2.50. The summed E-state index contributed by atoms with van der Waals surface area (Å²) in [6.45, 7) is 7.72. The first-order valence-corrected chi connectivity index (χ1v) is 13.5. The molecule has 0 saturated carbocycles. The quantitative estimate of drug-likeness (QED) is 0.402. The number of fused-ring (bicyclic) bond motifs is 1. The Labute approximate surface area is 211 Å². The number of esters is 1. The molecule has 1 aromatic carbocycles. The molecular formula is C25H32ClN3O2S2. The zero-order valence-electron chi connectivity index (χ0n) is 19.4. The van der Waals surface area contributed by atoms with E-state index in [1.54, 1.807) is 11.3 Å². The fourth-order valence-corrected chi connectivity index (χ4v) is 6.47. The molecule has 1 N–H and O–H groups in total. The van der Waals surface area contributed by atoms with Crippen molar-refractivity contribution in [1.29, 1.82) is 0 Å². The normalized spacial score (nSPS) is 16.6. The second-order valence-corrected chi connectivity index (χ2v) is 10.6. The van der Waals surface area contributed by atoms with Gasteiger partial charge in [-0.05, 0) is 75.0 Å². The van der Waals surface area contributed by atoms with Crippen LogP contribution in [0.15, 0.2) is 18.2 Å². The number of nitrogens with one attached hydrogen (secondary N) is 1. The second kappa shape index (κ2) is 11.1. The van der Waals surface area contributed by atoms with Gasteiger partial charge in [0.2, 0.25) is 0 Å². The lowest BCUT2D eigenvalue weighted by molar-refractivity contribution is 0.0526. The van der Waals surface area contributed by atoms with Crippen LogP contribution in [0.5, 0.6) is 0 Å². The van der Waals surface area contributed by atoms with Crippen molar-refractivity contribution in [2.45, 2.75) is 52.4 Å². The number of hydrogen-bond donors (Lipinski definition) is 1. The number of carbonyl (C=O) groups excluding carboxylic acids is 1. The highest BCUT2D eigenvalue weighted by molar-refractivity contribution is 7.80. The Bertz CT molecular complexity index is 1020. The molecule has 2 aliphatic rings. The molecular weight excluding hydrogens is 474 g/mol. The fourth-order valence-electron chi connectivity index (χ4n) is 4.68.